The summed E-state index contributed by atoms with van der Waals surface area (Å²) in [5, 5.41) is 7.79. The van der Waals surface area contributed by atoms with Crippen LogP contribution in [0.5, 0.6) is 0 Å². The zero-order chi connectivity index (χ0) is 11.8. The van der Waals surface area contributed by atoms with Crippen LogP contribution in [0.15, 0.2) is 12.4 Å². The molecule has 2 fully saturated rings. The molecule has 4 nitrogen and oxygen atoms in total. The molecule has 0 amide bonds. The van der Waals surface area contributed by atoms with Gasteiger partial charge in [0.1, 0.15) is 0 Å². The van der Waals surface area contributed by atoms with Crippen LogP contribution in [-0.4, -0.2) is 40.4 Å². The summed E-state index contributed by atoms with van der Waals surface area (Å²) < 4.78 is 1.90. The molecule has 17 heavy (non-hydrogen) atoms. The van der Waals surface area contributed by atoms with Gasteiger partial charge in [-0.25, -0.2) is 0 Å². The molecule has 0 radical (unpaired) electrons. The quantitative estimate of drug-likeness (QED) is 0.841. The fraction of sp³-hybridized carbons (Fsp3) is 0.769. The van der Waals surface area contributed by atoms with E-state index in [4.69, 9.17) is 0 Å². The van der Waals surface area contributed by atoms with Gasteiger partial charge < -0.3 is 5.32 Å². The zero-order valence-electron chi connectivity index (χ0n) is 10.8. The van der Waals surface area contributed by atoms with Gasteiger partial charge in [0, 0.05) is 37.9 Å². The summed E-state index contributed by atoms with van der Waals surface area (Å²) in [4.78, 5) is 2.66. The summed E-state index contributed by atoms with van der Waals surface area (Å²) in [6.45, 7) is 7.07. The van der Waals surface area contributed by atoms with E-state index in [-0.39, 0.29) is 0 Å². The van der Waals surface area contributed by atoms with E-state index in [1.165, 1.54) is 31.6 Å². The molecule has 3 unspecified atom stereocenters. The standard InChI is InChI=1S/C13H22N4/c1-3-13-12-6-14-5-11(12)9-17(13)8-10-4-15-16(2)7-10/h4,7,11-14H,3,5-6,8-9H2,1-2H3. The van der Waals surface area contributed by atoms with Crippen molar-refractivity contribution in [3.8, 4) is 0 Å². The molecule has 2 aliphatic rings. The number of aromatic nitrogens is 2. The molecule has 94 valence electrons. The number of hydrogen-bond donors (Lipinski definition) is 1. The van der Waals surface area contributed by atoms with Gasteiger partial charge in [-0.3, -0.25) is 9.58 Å². The van der Waals surface area contributed by atoms with Gasteiger partial charge in [-0.2, -0.15) is 5.10 Å². The topological polar surface area (TPSA) is 33.1 Å². The first-order valence-corrected chi connectivity index (χ1v) is 6.70. The third kappa shape index (κ3) is 2.00. The molecule has 4 heteroatoms. The highest BCUT2D eigenvalue weighted by Crippen LogP contribution is 2.34. The zero-order valence-corrected chi connectivity index (χ0v) is 10.8. The Bertz CT molecular complexity index is 387. The largest absolute Gasteiger partial charge is 0.316 e. The molecule has 1 N–H and O–H groups in total. The second-order valence-corrected chi connectivity index (χ2v) is 5.51. The number of aryl methyl sites for hydroxylation is 1. The Morgan fingerprint density at radius 3 is 3.06 bits per heavy atom. The summed E-state index contributed by atoms with van der Waals surface area (Å²) >= 11 is 0. The highest BCUT2D eigenvalue weighted by Gasteiger charge is 2.42. The maximum Gasteiger partial charge on any atom is 0.0534 e. The predicted octanol–water partition coefficient (Wildman–Crippen LogP) is 0.850. The van der Waals surface area contributed by atoms with Gasteiger partial charge in [0.15, 0.2) is 0 Å². The van der Waals surface area contributed by atoms with Crippen LogP contribution in [0.2, 0.25) is 0 Å². The van der Waals surface area contributed by atoms with Gasteiger partial charge in [-0.1, -0.05) is 6.92 Å². The highest BCUT2D eigenvalue weighted by atomic mass is 15.3. The summed E-state index contributed by atoms with van der Waals surface area (Å²) in [5.41, 5.74) is 1.35. The smallest absolute Gasteiger partial charge is 0.0534 e. The van der Waals surface area contributed by atoms with Crippen molar-refractivity contribution in [2.45, 2.75) is 25.9 Å². The van der Waals surface area contributed by atoms with Gasteiger partial charge in [0.2, 0.25) is 0 Å². The van der Waals surface area contributed by atoms with Gasteiger partial charge in [0.05, 0.1) is 6.20 Å². The van der Waals surface area contributed by atoms with Gasteiger partial charge >= 0.3 is 0 Å². The first-order valence-electron chi connectivity index (χ1n) is 6.70. The first-order chi connectivity index (χ1) is 8.28. The average molecular weight is 234 g/mol. The molecule has 1 aromatic rings. The summed E-state index contributed by atoms with van der Waals surface area (Å²) in [7, 11) is 1.99. The lowest BCUT2D eigenvalue weighted by atomic mass is 9.93. The molecule has 0 aromatic carbocycles. The number of nitrogens with one attached hydrogen (secondary N) is 1. The minimum atomic E-state index is 0.759. The van der Waals surface area contributed by atoms with Crippen LogP contribution in [0.4, 0.5) is 0 Å². The van der Waals surface area contributed by atoms with Crippen molar-refractivity contribution in [1.82, 2.24) is 20.0 Å². The normalized spacial score (nSPS) is 33.2. The molecule has 3 atom stereocenters. The van der Waals surface area contributed by atoms with Crippen molar-refractivity contribution in [3.05, 3.63) is 18.0 Å². The molecule has 0 spiro atoms. The Hall–Kier alpha value is -0.870. The van der Waals surface area contributed by atoms with Crippen LogP contribution in [-0.2, 0) is 13.6 Å². The number of likely N-dealkylation sites (tertiary alicyclic amines) is 1. The molecule has 1 aromatic heterocycles. The van der Waals surface area contributed by atoms with Crippen LogP contribution < -0.4 is 5.32 Å². The fourth-order valence-electron chi connectivity index (χ4n) is 3.64. The minimum absolute atomic E-state index is 0.759. The fourth-order valence-corrected chi connectivity index (χ4v) is 3.64. The summed E-state index contributed by atoms with van der Waals surface area (Å²) in [5.74, 6) is 1.74. The summed E-state index contributed by atoms with van der Waals surface area (Å²) in [6, 6.07) is 0.759. The van der Waals surface area contributed by atoms with Crippen LogP contribution >= 0.6 is 0 Å². The van der Waals surface area contributed by atoms with Gasteiger partial charge in [-0.05, 0) is 31.3 Å². The molecule has 0 aliphatic carbocycles. The van der Waals surface area contributed by atoms with E-state index in [2.05, 4.69) is 28.4 Å². The Morgan fingerprint density at radius 2 is 2.35 bits per heavy atom. The molecular formula is C13H22N4. The van der Waals surface area contributed by atoms with E-state index in [0.29, 0.717) is 0 Å². The van der Waals surface area contributed by atoms with Crippen LogP contribution in [0.25, 0.3) is 0 Å². The second kappa shape index (κ2) is 4.42. The maximum absolute atomic E-state index is 4.26. The van der Waals surface area contributed by atoms with Crippen molar-refractivity contribution in [2.75, 3.05) is 19.6 Å². The Labute approximate surface area is 103 Å². The molecule has 0 saturated carbocycles. The van der Waals surface area contributed by atoms with Gasteiger partial charge in [-0.15, -0.1) is 0 Å². The molecule has 0 bridgehead atoms. The Kier molecular flexibility index (Phi) is 2.92. The third-order valence-electron chi connectivity index (χ3n) is 4.39. The monoisotopic (exact) mass is 234 g/mol. The van der Waals surface area contributed by atoms with Gasteiger partial charge in [0.25, 0.3) is 0 Å². The van der Waals surface area contributed by atoms with Crippen molar-refractivity contribution in [3.63, 3.8) is 0 Å². The third-order valence-corrected chi connectivity index (χ3v) is 4.39. The van der Waals surface area contributed by atoms with E-state index in [0.717, 1.165) is 24.4 Å². The van der Waals surface area contributed by atoms with E-state index >= 15 is 0 Å². The van der Waals surface area contributed by atoms with Crippen LogP contribution in [0.3, 0.4) is 0 Å². The number of hydrogen-bond acceptors (Lipinski definition) is 3. The number of nitrogens with zero attached hydrogens (tertiary/aromatic N) is 3. The lowest BCUT2D eigenvalue weighted by molar-refractivity contribution is 0.210. The number of rotatable bonds is 3. The molecular weight excluding hydrogens is 212 g/mol. The van der Waals surface area contributed by atoms with Crippen LogP contribution in [0.1, 0.15) is 18.9 Å². The molecule has 2 aliphatic heterocycles. The van der Waals surface area contributed by atoms with Crippen LogP contribution in [0, 0.1) is 11.8 Å². The highest BCUT2D eigenvalue weighted by molar-refractivity contribution is 5.06. The molecule has 3 rings (SSSR count). The average Bonchev–Trinajstić information content (AvgIpc) is 2.95. The summed E-state index contributed by atoms with van der Waals surface area (Å²) in [6.07, 6.45) is 5.40. The lowest BCUT2D eigenvalue weighted by Crippen LogP contribution is -2.34. The number of fused-ring (bicyclic) bond motifs is 1. The van der Waals surface area contributed by atoms with Crippen molar-refractivity contribution in [1.29, 1.82) is 0 Å². The van der Waals surface area contributed by atoms with Crippen molar-refractivity contribution < 1.29 is 0 Å². The van der Waals surface area contributed by atoms with Crippen molar-refractivity contribution in [2.24, 2.45) is 18.9 Å². The Morgan fingerprint density at radius 1 is 1.47 bits per heavy atom. The first kappa shape index (κ1) is 11.2. The lowest BCUT2D eigenvalue weighted by Gasteiger charge is -2.26. The Balaban J connectivity index is 1.71. The van der Waals surface area contributed by atoms with E-state index < -0.39 is 0 Å². The minimum Gasteiger partial charge on any atom is -0.316 e. The van der Waals surface area contributed by atoms with E-state index in [1.54, 1.807) is 0 Å². The molecule has 3 heterocycles. The molecule has 2 saturated heterocycles. The van der Waals surface area contributed by atoms with Crippen molar-refractivity contribution >= 4 is 0 Å². The van der Waals surface area contributed by atoms with E-state index in [9.17, 15) is 0 Å². The van der Waals surface area contributed by atoms with E-state index in [1.807, 2.05) is 17.9 Å². The predicted molar refractivity (Wildman–Crippen MR) is 67.5 cm³/mol. The maximum atomic E-state index is 4.26. The second-order valence-electron chi connectivity index (χ2n) is 5.51. The SMILES string of the molecule is CCC1C2CNCC2CN1Cc1cnn(C)c1.